The molecular formula is C21H24ClN3O4. The maximum absolute atomic E-state index is 13.0. The average Bonchev–Trinajstić information content (AvgIpc) is 3.19. The second-order valence-electron chi connectivity index (χ2n) is 8.06. The second-order valence-corrected chi connectivity index (χ2v) is 8.50. The number of rotatable bonds is 4. The highest BCUT2D eigenvalue weighted by Gasteiger charge is 2.55. The van der Waals surface area contributed by atoms with E-state index in [2.05, 4.69) is 10.6 Å². The van der Waals surface area contributed by atoms with Crippen molar-refractivity contribution in [1.29, 1.82) is 0 Å². The number of imide groups is 1. The summed E-state index contributed by atoms with van der Waals surface area (Å²) in [5.41, 5.74) is -0.188. The highest BCUT2D eigenvalue weighted by atomic mass is 35.5. The van der Waals surface area contributed by atoms with Crippen molar-refractivity contribution >= 4 is 40.4 Å². The van der Waals surface area contributed by atoms with Crippen LogP contribution < -0.4 is 10.6 Å². The number of nitrogens with zero attached hydrogens (tertiary/aromatic N) is 1. The summed E-state index contributed by atoms with van der Waals surface area (Å²) in [6, 6.07) is 6.20. The van der Waals surface area contributed by atoms with Crippen LogP contribution >= 0.6 is 11.6 Å². The van der Waals surface area contributed by atoms with Crippen molar-refractivity contribution in [1.82, 2.24) is 15.5 Å². The zero-order valence-corrected chi connectivity index (χ0v) is 17.2. The van der Waals surface area contributed by atoms with Crippen LogP contribution in [-0.4, -0.2) is 34.8 Å². The largest absolute Gasteiger partial charge is 0.459 e. The number of furan rings is 1. The second kappa shape index (κ2) is 7.37. The molecule has 2 aliphatic rings. The highest BCUT2D eigenvalue weighted by Crippen LogP contribution is 2.38. The van der Waals surface area contributed by atoms with Crippen LogP contribution in [0, 0.1) is 5.92 Å². The zero-order valence-electron chi connectivity index (χ0n) is 16.5. The van der Waals surface area contributed by atoms with Crippen molar-refractivity contribution in [2.45, 2.75) is 51.1 Å². The van der Waals surface area contributed by atoms with E-state index < -0.39 is 23.5 Å². The van der Waals surface area contributed by atoms with E-state index in [1.807, 2.05) is 13.0 Å². The Kier molecular flexibility index (Phi) is 5.02. The molecule has 2 heterocycles. The molecule has 0 radical (unpaired) electrons. The fraction of sp³-hybridized carbons (Fsp3) is 0.476. The van der Waals surface area contributed by atoms with Crippen molar-refractivity contribution in [2.75, 3.05) is 6.54 Å². The minimum absolute atomic E-state index is 0.0575. The molecule has 29 heavy (non-hydrogen) atoms. The van der Waals surface area contributed by atoms with Crippen LogP contribution in [0.2, 0.25) is 5.02 Å². The molecule has 8 heteroatoms. The zero-order chi connectivity index (χ0) is 20.8. The summed E-state index contributed by atoms with van der Waals surface area (Å²) in [6.45, 7) is 3.46. The first-order chi connectivity index (χ1) is 13.8. The van der Waals surface area contributed by atoms with E-state index in [-0.39, 0.29) is 18.4 Å². The van der Waals surface area contributed by atoms with E-state index in [0.717, 1.165) is 29.5 Å². The summed E-state index contributed by atoms with van der Waals surface area (Å²) in [5.74, 6) is -0.0804. The Balaban J connectivity index is 1.43. The Bertz CT molecular complexity index is 987. The number of carbonyl (C=O) groups excluding carboxylic acids is 3. The SMILES string of the molecule is C[C@H](NC(=O)CN1C(=O)N[C@]2(CCCC[C@H]2C)C1=O)c1cc2cc(Cl)ccc2o1. The molecule has 3 atom stereocenters. The van der Waals surface area contributed by atoms with Crippen LogP contribution in [-0.2, 0) is 9.59 Å². The lowest BCUT2D eigenvalue weighted by molar-refractivity contribution is -0.137. The fourth-order valence-electron chi connectivity index (χ4n) is 4.39. The minimum Gasteiger partial charge on any atom is -0.459 e. The molecule has 1 aliphatic heterocycles. The van der Waals surface area contributed by atoms with Crippen molar-refractivity contribution in [2.24, 2.45) is 5.92 Å². The van der Waals surface area contributed by atoms with Gasteiger partial charge in [0.2, 0.25) is 5.91 Å². The Hall–Kier alpha value is -2.54. The molecule has 2 fully saturated rings. The summed E-state index contributed by atoms with van der Waals surface area (Å²) in [7, 11) is 0. The van der Waals surface area contributed by atoms with Gasteiger partial charge in [0, 0.05) is 10.4 Å². The van der Waals surface area contributed by atoms with E-state index in [9.17, 15) is 14.4 Å². The molecule has 2 N–H and O–H groups in total. The Morgan fingerprint density at radius 3 is 2.93 bits per heavy atom. The third-order valence-electron chi connectivity index (χ3n) is 6.10. The molecule has 7 nitrogen and oxygen atoms in total. The number of carbonyl (C=O) groups is 3. The molecule has 4 rings (SSSR count). The number of benzene rings is 1. The maximum atomic E-state index is 13.0. The monoisotopic (exact) mass is 417 g/mol. The lowest BCUT2D eigenvalue weighted by Gasteiger charge is -2.36. The van der Waals surface area contributed by atoms with E-state index >= 15 is 0 Å². The predicted molar refractivity (Wildman–Crippen MR) is 108 cm³/mol. The first-order valence-electron chi connectivity index (χ1n) is 9.92. The lowest BCUT2D eigenvalue weighted by atomic mass is 9.73. The van der Waals surface area contributed by atoms with Crippen LogP contribution in [0.4, 0.5) is 4.79 Å². The molecular weight excluding hydrogens is 394 g/mol. The normalized spacial score (nSPS) is 25.5. The molecule has 1 aliphatic carbocycles. The van der Waals surface area contributed by atoms with Gasteiger partial charge in [-0.3, -0.25) is 14.5 Å². The molecule has 0 bridgehead atoms. The van der Waals surface area contributed by atoms with Crippen LogP contribution in [0.5, 0.6) is 0 Å². The first-order valence-corrected chi connectivity index (χ1v) is 10.3. The third kappa shape index (κ3) is 3.48. The van der Waals surface area contributed by atoms with Gasteiger partial charge >= 0.3 is 6.03 Å². The van der Waals surface area contributed by atoms with Gasteiger partial charge in [-0.05, 0) is 49.9 Å². The fourth-order valence-corrected chi connectivity index (χ4v) is 4.57. The Morgan fingerprint density at radius 1 is 1.38 bits per heavy atom. The number of nitrogens with one attached hydrogen (secondary N) is 2. The minimum atomic E-state index is -0.862. The van der Waals surface area contributed by atoms with Crippen molar-refractivity contribution in [3.05, 3.63) is 35.0 Å². The van der Waals surface area contributed by atoms with Crippen LogP contribution in [0.15, 0.2) is 28.7 Å². The smallest absolute Gasteiger partial charge is 0.325 e. The van der Waals surface area contributed by atoms with Gasteiger partial charge in [0.15, 0.2) is 0 Å². The number of amides is 4. The van der Waals surface area contributed by atoms with Gasteiger partial charge in [-0.15, -0.1) is 0 Å². The van der Waals surface area contributed by atoms with E-state index in [4.69, 9.17) is 16.0 Å². The third-order valence-corrected chi connectivity index (χ3v) is 6.34. The maximum Gasteiger partial charge on any atom is 0.325 e. The van der Waals surface area contributed by atoms with Crippen molar-refractivity contribution < 1.29 is 18.8 Å². The van der Waals surface area contributed by atoms with Gasteiger partial charge in [0.25, 0.3) is 5.91 Å². The van der Waals surface area contributed by atoms with Gasteiger partial charge in [-0.1, -0.05) is 31.4 Å². The van der Waals surface area contributed by atoms with Crippen LogP contribution in [0.25, 0.3) is 11.0 Å². The van der Waals surface area contributed by atoms with Gasteiger partial charge in [-0.25, -0.2) is 4.79 Å². The number of hydrogen-bond donors (Lipinski definition) is 2. The van der Waals surface area contributed by atoms with Crippen molar-refractivity contribution in [3.63, 3.8) is 0 Å². The molecule has 2 aromatic rings. The van der Waals surface area contributed by atoms with E-state index in [0.29, 0.717) is 22.8 Å². The summed E-state index contributed by atoms with van der Waals surface area (Å²) < 4.78 is 5.77. The number of hydrogen-bond acceptors (Lipinski definition) is 4. The van der Waals surface area contributed by atoms with Crippen LogP contribution in [0.3, 0.4) is 0 Å². The highest BCUT2D eigenvalue weighted by molar-refractivity contribution is 6.31. The topological polar surface area (TPSA) is 91.7 Å². The first kappa shape index (κ1) is 19.8. The standard InChI is InChI=1S/C21H24ClN3O4/c1-12-5-3-4-8-21(12)19(27)25(20(28)24-21)11-18(26)23-13(2)17-10-14-9-15(22)6-7-16(14)29-17/h6-7,9-10,12-13H,3-5,8,11H2,1-2H3,(H,23,26)(H,24,28)/t12-,13+,21+/m1/s1. The molecule has 1 spiro atoms. The average molecular weight is 418 g/mol. The number of urea groups is 1. The lowest BCUT2D eigenvalue weighted by Crippen LogP contribution is -2.54. The number of fused-ring (bicyclic) bond motifs is 1. The summed E-state index contributed by atoms with van der Waals surface area (Å²) in [4.78, 5) is 39.0. The molecule has 1 saturated heterocycles. The molecule has 1 aromatic heterocycles. The predicted octanol–water partition coefficient (Wildman–Crippen LogP) is 3.76. The molecule has 4 amide bonds. The quantitative estimate of drug-likeness (QED) is 0.741. The van der Waals surface area contributed by atoms with Gasteiger partial charge in [0.1, 0.15) is 23.4 Å². The molecule has 1 aromatic carbocycles. The molecule has 1 saturated carbocycles. The Morgan fingerprint density at radius 2 is 2.17 bits per heavy atom. The van der Waals surface area contributed by atoms with E-state index in [1.165, 1.54) is 0 Å². The summed E-state index contributed by atoms with van der Waals surface area (Å²) in [6.07, 6.45) is 3.45. The van der Waals surface area contributed by atoms with Gasteiger partial charge in [-0.2, -0.15) is 0 Å². The molecule has 0 unspecified atom stereocenters. The van der Waals surface area contributed by atoms with Crippen molar-refractivity contribution in [3.8, 4) is 0 Å². The van der Waals surface area contributed by atoms with Gasteiger partial charge in [0.05, 0.1) is 6.04 Å². The van der Waals surface area contributed by atoms with E-state index in [1.54, 1.807) is 25.1 Å². The van der Waals surface area contributed by atoms with Crippen LogP contribution in [0.1, 0.15) is 51.3 Å². The summed E-state index contributed by atoms with van der Waals surface area (Å²) in [5, 5.41) is 7.11. The Labute approximate surface area is 173 Å². The van der Waals surface area contributed by atoms with Gasteiger partial charge < -0.3 is 15.1 Å². The summed E-state index contributed by atoms with van der Waals surface area (Å²) >= 11 is 6.00. The molecule has 154 valence electrons. The number of halogens is 1.